The molecule has 102 valence electrons. The standard InChI is InChI=1S/C14H18N2O2S/c17-13(18)12-9-19-14(15-12)6-7-16(10-14)8-11-4-2-1-3-5-11/h1-5,12,15H,6-10H2,(H,17,18). The molecule has 1 aromatic carbocycles. The van der Waals surface area contributed by atoms with E-state index in [1.54, 1.807) is 11.8 Å². The molecule has 2 heterocycles. The normalized spacial score (nSPS) is 31.1. The Morgan fingerprint density at radius 3 is 2.95 bits per heavy atom. The molecule has 0 aliphatic carbocycles. The van der Waals surface area contributed by atoms with Gasteiger partial charge in [-0.2, -0.15) is 0 Å². The molecule has 0 radical (unpaired) electrons. The zero-order chi connectivity index (χ0) is 13.3. The van der Waals surface area contributed by atoms with Crippen LogP contribution >= 0.6 is 11.8 Å². The summed E-state index contributed by atoms with van der Waals surface area (Å²) in [4.78, 5) is 13.4. The lowest BCUT2D eigenvalue weighted by molar-refractivity contribution is -0.138. The van der Waals surface area contributed by atoms with Crippen LogP contribution in [0.5, 0.6) is 0 Å². The molecule has 0 aromatic heterocycles. The molecule has 5 heteroatoms. The summed E-state index contributed by atoms with van der Waals surface area (Å²) in [6, 6.07) is 10.0. The van der Waals surface area contributed by atoms with Crippen molar-refractivity contribution in [3.05, 3.63) is 35.9 Å². The van der Waals surface area contributed by atoms with E-state index in [1.807, 2.05) is 6.07 Å². The molecule has 1 aromatic rings. The van der Waals surface area contributed by atoms with Gasteiger partial charge in [0, 0.05) is 25.4 Å². The highest BCUT2D eigenvalue weighted by Gasteiger charge is 2.46. The summed E-state index contributed by atoms with van der Waals surface area (Å²) in [5.74, 6) is -0.0556. The average Bonchev–Trinajstić information content (AvgIpc) is 2.99. The predicted molar refractivity (Wildman–Crippen MR) is 76.1 cm³/mol. The van der Waals surface area contributed by atoms with Crippen LogP contribution < -0.4 is 5.32 Å². The number of nitrogens with zero attached hydrogens (tertiary/aromatic N) is 1. The number of carbonyl (C=O) groups is 1. The van der Waals surface area contributed by atoms with Gasteiger partial charge in [-0.05, 0) is 12.0 Å². The van der Waals surface area contributed by atoms with E-state index in [1.165, 1.54) is 5.56 Å². The van der Waals surface area contributed by atoms with Gasteiger partial charge in [-0.15, -0.1) is 11.8 Å². The number of likely N-dealkylation sites (tertiary alicyclic amines) is 1. The lowest BCUT2D eigenvalue weighted by Crippen LogP contribution is -2.46. The van der Waals surface area contributed by atoms with Crippen LogP contribution in [0.3, 0.4) is 0 Å². The average molecular weight is 278 g/mol. The Balaban J connectivity index is 1.60. The SMILES string of the molecule is O=C(O)C1CSC2(CCN(Cc3ccccc3)C2)N1. The van der Waals surface area contributed by atoms with Gasteiger partial charge in [0.05, 0.1) is 4.87 Å². The van der Waals surface area contributed by atoms with E-state index in [0.717, 1.165) is 26.1 Å². The zero-order valence-electron chi connectivity index (χ0n) is 10.7. The molecule has 2 atom stereocenters. The van der Waals surface area contributed by atoms with E-state index in [-0.39, 0.29) is 10.9 Å². The van der Waals surface area contributed by atoms with Gasteiger partial charge >= 0.3 is 5.97 Å². The van der Waals surface area contributed by atoms with Gasteiger partial charge in [-0.1, -0.05) is 30.3 Å². The predicted octanol–water partition coefficient (Wildman–Crippen LogP) is 1.38. The molecule has 4 nitrogen and oxygen atoms in total. The number of hydrogen-bond acceptors (Lipinski definition) is 4. The Kier molecular flexibility index (Phi) is 3.52. The van der Waals surface area contributed by atoms with Crippen molar-refractivity contribution >= 4 is 17.7 Å². The first-order valence-electron chi connectivity index (χ1n) is 6.58. The first-order chi connectivity index (χ1) is 9.17. The third-order valence-corrected chi connectivity index (χ3v) is 5.33. The minimum Gasteiger partial charge on any atom is -0.480 e. The third-order valence-electron chi connectivity index (χ3n) is 3.82. The van der Waals surface area contributed by atoms with Crippen LogP contribution in [0.25, 0.3) is 0 Å². The van der Waals surface area contributed by atoms with Crippen LogP contribution in [0.1, 0.15) is 12.0 Å². The second kappa shape index (κ2) is 5.15. The van der Waals surface area contributed by atoms with E-state index >= 15 is 0 Å². The molecule has 2 N–H and O–H groups in total. The van der Waals surface area contributed by atoms with Gasteiger partial charge in [0.15, 0.2) is 0 Å². The Morgan fingerprint density at radius 1 is 1.47 bits per heavy atom. The van der Waals surface area contributed by atoms with E-state index < -0.39 is 5.97 Å². The molecular weight excluding hydrogens is 260 g/mol. The molecule has 3 rings (SSSR count). The van der Waals surface area contributed by atoms with E-state index in [9.17, 15) is 4.79 Å². The van der Waals surface area contributed by atoms with Gasteiger partial charge < -0.3 is 5.11 Å². The maximum Gasteiger partial charge on any atom is 0.321 e. The van der Waals surface area contributed by atoms with Gasteiger partial charge in [-0.25, -0.2) is 0 Å². The highest BCUT2D eigenvalue weighted by atomic mass is 32.2. The molecule has 2 aliphatic rings. The zero-order valence-corrected chi connectivity index (χ0v) is 11.5. The minimum atomic E-state index is -0.731. The number of nitrogens with one attached hydrogen (secondary N) is 1. The summed E-state index contributed by atoms with van der Waals surface area (Å²) < 4.78 is 0. The summed E-state index contributed by atoms with van der Waals surface area (Å²) in [6.45, 7) is 2.90. The number of aliphatic carboxylic acids is 1. The number of hydrogen-bond donors (Lipinski definition) is 2. The molecule has 2 saturated heterocycles. The highest BCUT2D eigenvalue weighted by molar-refractivity contribution is 8.01. The molecule has 0 bridgehead atoms. The van der Waals surface area contributed by atoms with E-state index in [0.29, 0.717) is 5.75 Å². The van der Waals surface area contributed by atoms with Crippen molar-refractivity contribution in [3.8, 4) is 0 Å². The van der Waals surface area contributed by atoms with Crippen LogP contribution in [-0.4, -0.2) is 45.7 Å². The van der Waals surface area contributed by atoms with Gasteiger partial charge in [0.25, 0.3) is 0 Å². The van der Waals surface area contributed by atoms with Crippen molar-refractivity contribution in [2.75, 3.05) is 18.8 Å². The lowest BCUT2D eigenvalue weighted by atomic mass is 10.2. The fourth-order valence-corrected chi connectivity index (χ4v) is 4.29. The molecule has 2 fully saturated rings. The fourth-order valence-electron chi connectivity index (χ4n) is 2.85. The van der Waals surface area contributed by atoms with Crippen molar-refractivity contribution in [1.82, 2.24) is 10.2 Å². The number of carboxylic acids is 1. The van der Waals surface area contributed by atoms with Gasteiger partial charge in [-0.3, -0.25) is 15.0 Å². The lowest BCUT2D eigenvalue weighted by Gasteiger charge is -2.24. The first-order valence-corrected chi connectivity index (χ1v) is 7.56. The Labute approximate surface area is 117 Å². The van der Waals surface area contributed by atoms with Crippen LogP contribution in [-0.2, 0) is 11.3 Å². The quantitative estimate of drug-likeness (QED) is 0.875. The van der Waals surface area contributed by atoms with E-state index in [4.69, 9.17) is 5.11 Å². The maximum absolute atomic E-state index is 11.0. The number of benzene rings is 1. The van der Waals surface area contributed by atoms with Crippen molar-refractivity contribution in [2.45, 2.75) is 23.9 Å². The monoisotopic (exact) mass is 278 g/mol. The van der Waals surface area contributed by atoms with Gasteiger partial charge in [0.2, 0.25) is 0 Å². The maximum atomic E-state index is 11.0. The topological polar surface area (TPSA) is 52.6 Å². The molecule has 1 spiro atoms. The molecule has 0 amide bonds. The summed E-state index contributed by atoms with van der Waals surface area (Å²) in [6.07, 6.45) is 1.02. The molecule has 0 saturated carbocycles. The van der Waals surface area contributed by atoms with Crippen LogP contribution in [0.15, 0.2) is 30.3 Å². The summed E-state index contributed by atoms with van der Waals surface area (Å²) >= 11 is 1.77. The number of thioether (sulfide) groups is 1. The highest BCUT2D eigenvalue weighted by Crippen LogP contribution is 2.38. The summed E-state index contributed by atoms with van der Waals surface area (Å²) in [5.41, 5.74) is 1.32. The minimum absolute atomic E-state index is 0.0438. The van der Waals surface area contributed by atoms with E-state index in [2.05, 4.69) is 34.5 Å². The number of rotatable bonds is 3. The molecule has 19 heavy (non-hydrogen) atoms. The van der Waals surface area contributed by atoms with Crippen LogP contribution in [0, 0.1) is 0 Å². The van der Waals surface area contributed by atoms with Gasteiger partial charge in [0.1, 0.15) is 6.04 Å². The summed E-state index contributed by atoms with van der Waals surface area (Å²) in [7, 11) is 0. The number of carboxylic acid groups (broad SMARTS) is 1. The van der Waals surface area contributed by atoms with Crippen molar-refractivity contribution < 1.29 is 9.90 Å². The Bertz CT molecular complexity index is 468. The Hall–Kier alpha value is -1.04. The molecule has 2 aliphatic heterocycles. The Morgan fingerprint density at radius 2 is 2.26 bits per heavy atom. The van der Waals surface area contributed by atoms with Crippen LogP contribution in [0.2, 0.25) is 0 Å². The fraction of sp³-hybridized carbons (Fsp3) is 0.500. The molecular formula is C14H18N2O2S. The summed E-state index contributed by atoms with van der Waals surface area (Å²) in [5, 5.41) is 12.4. The third kappa shape index (κ3) is 2.78. The molecule has 2 unspecified atom stereocenters. The largest absolute Gasteiger partial charge is 0.480 e. The van der Waals surface area contributed by atoms with Crippen molar-refractivity contribution in [3.63, 3.8) is 0 Å². The first kappa shape index (κ1) is 13.0. The second-order valence-corrected chi connectivity index (χ2v) is 6.69. The second-order valence-electron chi connectivity index (χ2n) is 5.29. The van der Waals surface area contributed by atoms with Crippen molar-refractivity contribution in [2.24, 2.45) is 0 Å². The smallest absolute Gasteiger partial charge is 0.321 e. The van der Waals surface area contributed by atoms with Crippen LogP contribution in [0.4, 0.5) is 0 Å². The van der Waals surface area contributed by atoms with Crippen molar-refractivity contribution in [1.29, 1.82) is 0 Å².